The summed E-state index contributed by atoms with van der Waals surface area (Å²) < 4.78 is 38.4. The normalized spacial score (nSPS) is 19.2. The van der Waals surface area contributed by atoms with Gasteiger partial charge in [-0.2, -0.15) is 4.31 Å². The van der Waals surface area contributed by atoms with E-state index in [0.717, 1.165) is 6.42 Å². The lowest BCUT2D eigenvalue weighted by Crippen LogP contribution is -2.49. The quantitative estimate of drug-likeness (QED) is 0.663. The minimum atomic E-state index is -3.89. The lowest BCUT2D eigenvalue weighted by atomic mass is 10.2. The highest BCUT2D eigenvalue weighted by molar-refractivity contribution is 9.10. The predicted molar refractivity (Wildman–Crippen MR) is 105 cm³/mol. The van der Waals surface area contributed by atoms with E-state index in [2.05, 4.69) is 21.2 Å². The van der Waals surface area contributed by atoms with Crippen LogP contribution >= 0.6 is 27.7 Å². The van der Waals surface area contributed by atoms with Gasteiger partial charge in [-0.25, -0.2) is 8.42 Å². The van der Waals surface area contributed by atoms with Crippen molar-refractivity contribution in [1.29, 1.82) is 0 Å². The number of ether oxygens (including phenoxy) is 2. The fourth-order valence-corrected chi connectivity index (χ4v) is 6.62. The molecule has 0 aromatic heterocycles. The number of thioether (sulfide) groups is 1. The predicted octanol–water partition coefficient (Wildman–Crippen LogP) is 2.44. The first-order chi connectivity index (χ1) is 12.3. The van der Waals surface area contributed by atoms with Crippen molar-refractivity contribution in [1.82, 2.24) is 9.62 Å². The molecule has 7 nitrogen and oxygen atoms in total. The fraction of sp³-hybridized carbons (Fsp3) is 0.562. The highest BCUT2D eigenvalue weighted by Crippen LogP contribution is 2.38. The van der Waals surface area contributed by atoms with Crippen LogP contribution in [0.4, 0.5) is 0 Å². The topological polar surface area (TPSA) is 84.9 Å². The second kappa shape index (κ2) is 8.81. The van der Waals surface area contributed by atoms with Crippen molar-refractivity contribution in [3.8, 4) is 11.5 Å². The Balaban J connectivity index is 2.38. The molecule has 10 heteroatoms. The molecule has 1 aliphatic rings. The molecule has 2 rings (SSSR count). The van der Waals surface area contributed by atoms with E-state index in [9.17, 15) is 13.2 Å². The standard InChI is InChI=1S/C16H23BrN2O5S2/c1-5-10(2)18-16(20)12-8-25-9-19(12)26(21,22)15-7-14(24-4)13(23-3)6-11(15)17/h6-7,10,12H,5,8-9H2,1-4H3,(H,18,20). The van der Waals surface area contributed by atoms with Crippen LogP contribution in [0.3, 0.4) is 0 Å². The van der Waals surface area contributed by atoms with Crippen LogP contribution in [-0.2, 0) is 14.8 Å². The second-order valence-electron chi connectivity index (χ2n) is 5.86. The smallest absolute Gasteiger partial charge is 0.245 e. The SMILES string of the molecule is CCC(C)NC(=O)C1CSCN1S(=O)(=O)c1cc(OC)c(OC)cc1Br. The number of halogens is 1. The van der Waals surface area contributed by atoms with Gasteiger partial charge in [0.1, 0.15) is 10.9 Å². The van der Waals surface area contributed by atoms with Crippen molar-refractivity contribution in [3.63, 3.8) is 0 Å². The average Bonchev–Trinajstić information content (AvgIpc) is 3.11. The summed E-state index contributed by atoms with van der Waals surface area (Å²) in [4.78, 5) is 12.6. The molecule has 1 aromatic carbocycles. The maximum Gasteiger partial charge on any atom is 0.245 e. The van der Waals surface area contributed by atoms with Crippen molar-refractivity contribution >= 4 is 43.6 Å². The van der Waals surface area contributed by atoms with Crippen molar-refractivity contribution in [2.45, 2.75) is 37.2 Å². The number of methoxy groups -OCH3 is 2. The molecule has 0 bridgehead atoms. The van der Waals surface area contributed by atoms with Crippen molar-refractivity contribution in [2.24, 2.45) is 0 Å². The summed E-state index contributed by atoms with van der Waals surface area (Å²) >= 11 is 4.71. The Kier molecular flexibility index (Phi) is 7.23. The second-order valence-corrected chi connectivity index (χ2v) is 9.58. The van der Waals surface area contributed by atoms with E-state index in [4.69, 9.17) is 9.47 Å². The van der Waals surface area contributed by atoms with Crippen LogP contribution in [0, 0.1) is 0 Å². The molecule has 1 amide bonds. The van der Waals surface area contributed by atoms with Crippen molar-refractivity contribution in [2.75, 3.05) is 25.8 Å². The van der Waals surface area contributed by atoms with E-state index in [1.165, 1.54) is 36.4 Å². The van der Waals surface area contributed by atoms with E-state index in [0.29, 0.717) is 21.7 Å². The van der Waals surface area contributed by atoms with Crippen LogP contribution in [0.25, 0.3) is 0 Å². The first-order valence-corrected chi connectivity index (χ1v) is 11.5. The first kappa shape index (κ1) is 21.3. The maximum atomic E-state index is 13.2. The molecule has 146 valence electrons. The van der Waals surface area contributed by atoms with Gasteiger partial charge >= 0.3 is 0 Å². The highest BCUT2D eigenvalue weighted by Gasteiger charge is 2.41. The lowest BCUT2D eigenvalue weighted by Gasteiger charge is -2.25. The molecule has 1 aromatic rings. The Morgan fingerprint density at radius 2 is 2.00 bits per heavy atom. The monoisotopic (exact) mass is 466 g/mol. The summed E-state index contributed by atoms with van der Waals surface area (Å²) in [5.41, 5.74) is 0. The molecular formula is C16H23BrN2O5S2. The van der Waals surface area contributed by atoms with E-state index in [-0.39, 0.29) is 22.7 Å². The summed E-state index contributed by atoms with van der Waals surface area (Å²) in [6.45, 7) is 3.85. The van der Waals surface area contributed by atoms with Crippen molar-refractivity contribution < 1.29 is 22.7 Å². The summed E-state index contributed by atoms with van der Waals surface area (Å²) in [6, 6.07) is 2.21. The molecule has 26 heavy (non-hydrogen) atoms. The summed E-state index contributed by atoms with van der Waals surface area (Å²) in [7, 11) is -0.977. The zero-order valence-electron chi connectivity index (χ0n) is 15.1. The number of nitrogens with one attached hydrogen (secondary N) is 1. The Hall–Kier alpha value is -0.970. The minimum Gasteiger partial charge on any atom is -0.493 e. The molecule has 0 radical (unpaired) electrons. The number of nitrogens with zero attached hydrogens (tertiary/aromatic N) is 1. The molecule has 1 saturated heterocycles. The van der Waals surface area contributed by atoms with Gasteiger partial charge in [-0.3, -0.25) is 4.79 Å². The molecule has 1 heterocycles. The van der Waals surface area contributed by atoms with Crippen LogP contribution in [0.1, 0.15) is 20.3 Å². The van der Waals surface area contributed by atoms with Gasteiger partial charge in [0.05, 0.1) is 20.1 Å². The Morgan fingerprint density at radius 3 is 2.58 bits per heavy atom. The Bertz CT molecular complexity index is 772. The molecule has 0 saturated carbocycles. The third-order valence-corrected chi connectivity index (χ3v) is 8.16. The first-order valence-electron chi connectivity index (χ1n) is 8.07. The molecule has 0 spiro atoms. The van der Waals surface area contributed by atoms with Crippen molar-refractivity contribution in [3.05, 3.63) is 16.6 Å². The Morgan fingerprint density at radius 1 is 1.38 bits per heavy atom. The van der Waals surface area contributed by atoms with Crippen LogP contribution in [0.15, 0.2) is 21.5 Å². The van der Waals surface area contributed by atoms with Gasteiger partial charge in [0.2, 0.25) is 15.9 Å². The molecule has 1 N–H and O–H groups in total. The molecule has 2 unspecified atom stereocenters. The summed E-state index contributed by atoms with van der Waals surface area (Å²) in [5, 5.41) is 2.87. The molecule has 1 aliphatic heterocycles. The van der Waals surface area contributed by atoms with E-state index in [1.54, 1.807) is 6.07 Å². The number of sulfonamides is 1. The van der Waals surface area contributed by atoms with Gasteiger partial charge in [0, 0.05) is 22.3 Å². The van der Waals surface area contributed by atoms with Gasteiger partial charge in [-0.15, -0.1) is 11.8 Å². The molecular weight excluding hydrogens is 444 g/mol. The van der Waals surface area contributed by atoms with E-state index in [1.807, 2.05) is 13.8 Å². The van der Waals surface area contributed by atoms with Crippen LogP contribution in [0.2, 0.25) is 0 Å². The van der Waals surface area contributed by atoms with Crippen LogP contribution in [0.5, 0.6) is 11.5 Å². The minimum absolute atomic E-state index is 0.00882. The van der Waals surface area contributed by atoms with E-state index < -0.39 is 16.1 Å². The van der Waals surface area contributed by atoms with Gasteiger partial charge in [-0.1, -0.05) is 6.92 Å². The summed E-state index contributed by atoms with van der Waals surface area (Å²) in [6.07, 6.45) is 0.777. The lowest BCUT2D eigenvalue weighted by molar-refractivity contribution is -0.124. The molecule has 2 atom stereocenters. The number of rotatable bonds is 7. The number of hydrogen-bond acceptors (Lipinski definition) is 6. The Labute approximate surface area is 167 Å². The average molecular weight is 467 g/mol. The van der Waals surface area contributed by atoms with Gasteiger partial charge in [0.15, 0.2) is 11.5 Å². The number of carbonyl (C=O) groups excluding carboxylic acids is 1. The van der Waals surface area contributed by atoms with Gasteiger partial charge < -0.3 is 14.8 Å². The number of benzene rings is 1. The highest BCUT2D eigenvalue weighted by atomic mass is 79.9. The third kappa shape index (κ3) is 4.29. The zero-order chi connectivity index (χ0) is 19.5. The number of carbonyl (C=O) groups is 1. The number of hydrogen-bond donors (Lipinski definition) is 1. The number of amides is 1. The zero-order valence-corrected chi connectivity index (χ0v) is 18.3. The van der Waals surface area contributed by atoms with Crippen LogP contribution < -0.4 is 14.8 Å². The van der Waals surface area contributed by atoms with E-state index >= 15 is 0 Å². The molecule has 0 aliphatic carbocycles. The van der Waals surface area contributed by atoms with Crippen LogP contribution in [-0.4, -0.2) is 56.6 Å². The largest absolute Gasteiger partial charge is 0.493 e. The third-order valence-electron chi connectivity index (χ3n) is 4.17. The van der Waals surface area contributed by atoms with Gasteiger partial charge in [0.25, 0.3) is 0 Å². The fourth-order valence-electron chi connectivity index (χ4n) is 2.47. The maximum absolute atomic E-state index is 13.2. The van der Waals surface area contributed by atoms with Gasteiger partial charge in [-0.05, 0) is 35.3 Å². The molecule has 1 fully saturated rings. The summed E-state index contributed by atoms with van der Waals surface area (Å²) in [5.74, 6) is 1.10.